The molecule has 110 valence electrons. The first-order valence-corrected chi connectivity index (χ1v) is 7.37. The van der Waals surface area contributed by atoms with Crippen molar-refractivity contribution in [1.82, 2.24) is 9.80 Å². The predicted octanol–water partition coefficient (Wildman–Crippen LogP) is 1.91. The van der Waals surface area contributed by atoms with Gasteiger partial charge in [0.2, 0.25) is 0 Å². The third-order valence-electron chi connectivity index (χ3n) is 3.94. The largest absolute Gasteiger partial charge is 0.480 e. The number of nitrogens with zero attached hydrogens (tertiary/aromatic N) is 2. The lowest BCUT2D eigenvalue weighted by atomic mass is 10.1. The summed E-state index contributed by atoms with van der Waals surface area (Å²) >= 11 is 0. The van der Waals surface area contributed by atoms with Crippen LogP contribution in [0.5, 0.6) is 0 Å². The molecule has 0 saturated carbocycles. The van der Waals surface area contributed by atoms with Crippen LogP contribution < -0.4 is 0 Å². The van der Waals surface area contributed by atoms with E-state index in [-0.39, 0.29) is 6.54 Å². The molecule has 1 aliphatic heterocycles. The van der Waals surface area contributed by atoms with E-state index in [1.54, 1.807) is 0 Å². The summed E-state index contributed by atoms with van der Waals surface area (Å²) in [4.78, 5) is 15.2. The first-order valence-electron chi connectivity index (χ1n) is 7.37. The Balaban J connectivity index is 1.80. The molecule has 1 atom stereocenters. The summed E-state index contributed by atoms with van der Waals surface area (Å²) in [6, 6.07) is 10.5. The number of rotatable bonds is 7. The minimum Gasteiger partial charge on any atom is -0.480 e. The first-order chi connectivity index (χ1) is 9.67. The number of hydrogen-bond acceptors (Lipinski definition) is 3. The number of carbonyl (C=O) groups is 1. The summed E-state index contributed by atoms with van der Waals surface area (Å²) in [6.45, 7) is 7.27. The Hall–Kier alpha value is -1.39. The average Bonchev–Trinajstić information content (AvgIpc) is 2.85. The topological polar surface area (TPSA) is 43.8 Å². The third kappa shape index (κ3) is 4.62. The van der Waals surface area contributed by atoms with E-state index in [0.29, 0.717) is 5.92 Å². The number of carboxylic acids is 1. The van der Waals surface area contributed by atoms with Crippen LogP contribution in [-0.2, 0) is 11.3 Å². The number of hydrogen-bond donors (Lipinski definition) is 1. The molecule has 4 heteroatoms. The van der Waals surface area contributed by atoms with Gasteiger partial charge in [-0.3, -0.25) is 14.6 Å². The van der Waals surface area contributed by atoms with Crippen LogP contribution in [0.25, 0.3) is 0 Å². The summed E-state index contributed by atoms with van der Waals surface area (Å²) in [6.07, 6.45) is 1.11. The zero-order valence-corrected chi connectivity index (χ0v) is 12.2. The summed E-state index contributed by atoms with van der Waals surface area (Å²) < 4.78 is 0. The van der Waals surface area contributed by atoms with Gasteiger partial charge in [0.05, 0.1) is 6.54 Å². The highest BCUT2D eigenvalue weighted by Crippen LogP contribution is 2.18. The van der Waals surface area contributed by atoms with Gasteiger partial charge < -0.3 is 5.11 Å². The van der Waals surface area contributed by atoms with E-state index in [4.69, 9.17) is 5.11 Å². The second-order valence-electron chi connectivity index (χ2n) is 5.60. The molecule has 0 bridgehead atoms. The molecule has 20 heavy (non-hydrogen) atoms. The zero-order valence-electron chi connectivity index (χ0n) is 12.2. The smallest absolute Gasteiger partial charge is 0.317 e. The fraction of sp³-hybridized carbons (Fsp3) is 0.562. The second-order valence-corrected chi connectivity index (χ2v) is 5.60. The Morgan fingerprint density at radius 1 is 1.40 bits per heavy atom. The summed E-state index contributed by atoms with van der Waals surface area (Å²) in [5.74, 6) is -0.125. The minimum absolute atomic E-state index is 0.182. The van der Waals surface area contributed by atoms with Crippen LogP contribution in [0.4, 0.5) is 0 Å². The van der Waals surface area contributed by atoms with Crippen LogP contribution in [-0.4, -0.2) is 53.6 Å². The molecule has 0 aliphatic carbocycles. The Morgan fingerprint density at radius 3 is 2.80 bits per heavy atom. The highest BCUT2D eigenvalue weighted by Gasteiger charge is 2.25. The molecule has 1 aliphatic rings. The molecule has 1 fully saturated rings. The molecule has 4 nitrogen and oxygen atoms in total. The van der Waals surface area contributed by atoms with Gasteiger partial charge >= 0.3 is 5.97 Å². The number of likely N-dealkylation sites (tertiary alicyclic amines) is 1. The normalized spacial score (nSPS) is 19.6. The molecule has 0 radical (unpaired) electrons. The van der Waals surface area contributed by atoms with Crippen molar-refractivity contribution in [2.75, 3.05) is 32.7 Å². The Bertz CT molecular complexity index is 422. The second kappa shape index (κ2) is 7.41. The summed E-state index contributed by atoms with van der Waals surface area (Å²) in [5, 5.41) is 8.83. The van der Waals surface area contributed by atoms with E-state index in [9.17, 15) is 4.79 Å². The molecule has 0 unspecified atom stereocenters. The van der Waals surface area contributed by atoms with Crippen molar-refractivity contribution in [1.29, 1.82) is 0 Å². The monoisotopic (exact) mass is 276 g/mol. The number of aliphatic carboxylic acids is 1. The SMILES string of the molecule is CCN(Cc1ccccc1)C[C@@H]1CCN(CC(=O)O)C1. The summed E-state index contributed by atoms with van der Waals surface area (Å²) in [7, 11) is 0. The fourth-order valence-corrected chi connectivity index (χ4v) is 2.91. The molecule has 1 heterocycles. The minimum atomic E-state index is -0.720. The Morgan fingerprint density at radius 2 is 2.15 bits per heavy atom. The van der Waals surface area contributed by atoms with Crippen LogP contribution >= 0.6 is 0 Å². The molecule has 0 aromatic heterocycles. The molecule has 1 aromatic carbocycles. The maximum Gasteiger partial charge on any atom is 0.317 e. The van der Waals surface area contributed by atoms with Gasteiger partial charge in [0.1, 0.15) is 0 Å². The van der Waals surface area contributed by atoms with Crippen molar-refractivity contribution in [3.63, 3.8) is 0 Å². The summed E-state index contributed by atoms with van der Waals surface area (Å²) in [5.41, 5.74) is 1.34. The Labute approximate surface area is 121 Å². The lowest BCUT2D eigenvalue weighted by Crippen LogP contribution is -2.32. The maximum absolute atomic E-state index is 10.7. The molecule has 0 amide bonds. The highest BCUT2D eigenvalue weighted by molar-refractivity contribution is 5.69. The number of benzene rings is 1. The molecule has 1 saturated heterocycles. The highest BCUT2D eigenvalue weighted by atomic mass is 16.4. The van der Waals surface area contributed by atoms with Crippen molar-refractivity contribution in [3.8, 4) is 0 Å². The maximum atomic E-state index is 10.7. The lowest BCUT2D eigenvalue weighted by Gasteiger charge is -2.24. The van der Waals surface area contributed by atoms with E-state index in [0.717, 1.165) is 39.1 Å². The van der Waals surface area contributed by atoms with Gasteiger partial charge in [-0.2, -0.15) is 0 Å². The molecule has 0 spiro atoms. The van der Waals surface area contributed by atoms with Gasteiger partial charge in [-0.05, 0) is 31.0 Å². The van der Waals surface area contributed by atoms with E-state index in [1.807, 2.05) is 11.0 Å². The standard InChI is InChI=1S/C16H24N2O2/c1-2-17(10-14-6-4-3-5-7-14)11-15-8-9-18(12-15)13-16(19)20/h3-7,15H,2,8-13H2,1H3,(H,19,20)/t15-/m0/s1. The van der Waals surface area contributed by atoms with Crippen molar-refractivity contribution in [3.05, 3.63) is 35.9 Å². The van der Waals surface area contributed by atoms with Crippen molar-refractivity contribution in [2.24, 2.45) is 5.92 Å². The zero-order chi connectivity index (χ0) is 14.4. The average molecular weight is 276 g/mol. The van der Waals surface area contributed by atoms with Crippen LogP contribution in [0, 0.1) is 5.92 Å². The first kappa shape index (κ1) is 15.0. The third-order valence-corrected chi connectivity index (χ3v) is 3.94. The predicted molar refractivity (Wildman–Crippen MR) is 79.6 cm³/mol. The fourth-order valence-electron chi connectivity index (χ4n) is 2.91. The van der Waals surface area contributed by atoms with Crippen LogP contribution in [0.2, 0.25) is 0 Å². The molecular formula is C16H24N2O2. The quantitative estimate of drug-likeness (QED) is 0.826. The van der Waals surface area contributed by atoms with Crippen LogP contribution in [0.3, 0.4) is 0 Å². The molecule has 1 N–H and O–H groups in total. The van der Waals surface area contributed by atoms with E-state index in [1.165, 1.54) is 5.56 Å². The van der Waals surface area contributed by atoms with Gasteiger partial charge in [0.15, 0.2) is 0 Å². The van der Waals surface area contributed by atoms with E-state index in [2.05, 4.69) is 36.1 Å². The molecule has 2 rings (SSSR count). The van der Waals surface area contributed by atoms with Crippen LogP contribution in [0.15, 0.2) is 30.3 Å². The number of carboxylic acid groups (broad SMARTS) is 1. The lowest BCUT2D eigenvalue weighted by molar-refractivity contribution is -0.138. The molecular weight excluding hydrogens is 252 g/mol. The van der Waals surface area contributed by atoms with Crippen molar-refractivity contribution < 1.29 is 9.90 Å². The van der Waals surface area contributed by atoms with Gasteiger partial charge in [0.25, 0.3) is 0 Å². The van der Waals surface area contributed by atoms with Crippen LogP contribution in [0.1, 0.15) is 18.9 Å². The van der Waals surface area contributed by atoms with Gasteiger partial charge in [-0.1, -0.05) is 37.3 Å². The van der Waals surface area contributed by atoms with Crippen molar-refractivity contribution in [2.45, 2.75) is 19.9 Å². The van der Waals surface area contributed by atoms with Crippen molar-refractivity contribution >= 4 is 5.97 Å². The molecule has 1 aromatic rings. The van der Waals surface area contributed by atoms with Gasteiger partial charge in [-0.25, -0.2) is 0 Å². The van der Waals surface area contributed by atoms with E-state index >= 15 is 0 Å². The van der Waals surface area contributed by atoms with E-state index < -0.39 is 5.97 Å². The van der Waals surface area contributed by atoms with Gasteiger partial charge in [0, 0.05) is 19.6 Å². The van der Waals surface area contributed by atoms with Gasteiger partial charge in [-0.15, -0.1) is 0 Å². The Kier molecular flexibility index (Phi) is 5.56.